The SMILES string of the molecule is CC(C)(N)CC(=O)C1CCCCCC1. The first-order chi connectivity index (χ1) is 6.49. The van der Waals surface area contributed by atoms with Crippen molar-refractivity contribution in [3.05, 3.63) is 0 Å². The third-order valence-electron chi connectivity index (χ3n) is 2.94. The van der Waals surface area contributed by atoms with Gasteiger partial charge < -0.3 is 5.73 Å². The standard InChI is InChI=1S/C12H23NO/c1-12(2,13)9-11(14)10-7-5-3-4-6-8-10/h10H,3-9,13H2,1-2H3. The molecule has 1 rings (SSSR count). The minimum absolute atomic E-state index is 0.306. The lowest BCUT2D eigenvalue weighted by Crippen LogP contribution is -2.36. The van der Waals surface area contributed by atoms with Crippen molar-refractivity contribution >= 4 is 5.78 Å². The van der Waals surface area contributed by atoms with Crippen LogP contribution >= 0.6 is 0 Å². The topological polar surface area (TPSA) is 43.1 Å². The van der Waals surface area contributed by atoms with Gasteiger partial charge in [-0.05, 0) is 26.7 Å². The van der Waals surface area contributed by atoms with Crippen LogP contribution in [0.2, 0.25) is 0 Å². The molecule has 1 saturated carbocycles. The van der Waals surface area contributed by atoms with E-state index < -0.39 is 0 Å². The third kappa shape index (κ3) is 4.23. The van der Waals surface area contributed by atoms with Crippen molar-refractivity contribution in [3.63, 3.8) is 0 Å². The molecule has 82 valence electrons. The molecule has 0 heterocycles. The van der Waals surface area contributed by atoms with Crippen LogP contribution in [-0.4, -0.2) is 11.3 Å². The lowest BCUT2D eigenvalue weighted by Gasteiger charge is -2.21. The first kappa shape index (κ1) is 11.7. The van der Waals surface area contributed by atoms with E-state index in [2.05, 4.69) is 0 Å². The van der Waals surface area contributed by atoms with Gasteiger partial charge in [0.25, 0.3) is 0 Å². The Labute approximate surface area is 87.2 Å². The molecule has 0 aromatic heterocycles. The summed E-state index contributed by atoms with van der Waals surface area (Å²) in [5.41, 5.74) is 5.53. The van der Waals surface area contributed by atoms with E-state index in [1.165, 1.54) is 25.7 Å². The summed E-state index contributed by atoms with van der Waals surface area (Å²) < 4.78 is 0. The van der Waals surface area contributed by atoms with Gasteiger partial charge in [-0.3, -0.25) is 4.79 Å². The Morgan fingerprint density at radius 1 is 1.21 bits per heavy atom. The predicted octanol–water partition coefficient (Wildman–Crippen LogP) is 2.65. The molecule has 14 heavy (non-hydrogen) atoms. The molecule has 2 N–H and O–H groups in total. The maximum Gasteiger partial charge on any atom is 0.137 e. The van der Waals surface area contributed by atoms with Crippen LogP contribution in [0.5, 0.6) is 0 Å². The molecule has 1 aliphatic carbocycles. The van der Waals surface area contributed by atoms with Crippen LogP contribution in [0.3, 0.4) is 0 Å². The largest absolute Gasteiger partial charge is 0.325 e. The zero-order chi connectivity index (χ0) is 10.6. The second-order valence-electron chi connectivity index (χ2n) is 5.32. The maximum absolute atomic E-state index is 11.9. The second kappa shape index (κ2) is 4.92. The highest BCUT2D eigenvalue weighted by molar-refractivity contribution is 5.82. The van der Waals surface area contributed by atoms with E-state index in [-0.39, 0.29) is 5.54 Å². The summed E-state index contributed by atoms with van der Waals surface area (Å²) in [7, 11) is 0. The van der Waals surface area contributed by atoms with E-state index in [0.29, 0.717) is 18.1 Å². The van der Waals surface area contributed by atoms with Gasteiger partial charge in [-0.15, -0.1) is 0 Å². The van der Waals surface area contributed by atoms with Crippen molar-refractivity contribution in [3.8, 4) is 0 Å². The van der Waals surface area contributed by atoms with Crippen molar-refractivity contribution in [2.24, 2.45) is 11.7 Å². The predicted molar refractivity (Wildman–Crippen MR) is 59.1 cm³/mol. The summed E-state index contributed by atoms with van der Waals surface area (Å²) in [6.45, 7) is 3.86. The first-order valence-corrected chi connectivity index (χ1v) is 5.81. The van der Waals surface area contributed by atoms with E-state index in [9.17, 15) is 4.79 Å². The van der Waals surface area contributed by atoms with Crippen LogP contribution in [0.1, 0.15) is 58.8 Å². The Morgan fingerprint density at radius 2 is 1.71 bits per heavy atom. The number of hydrogen-bond acceptors (Lipinski definition) is 2. The normalized spacial score (nSPS) is 20.5. The van der Waals surface area contributed by atoms with Gasteiger partial charge in [0.2, 0.25) is 0 Å². The monoisotopic (exact) mass is 197 g/mol. The quantitative estimate of drug-likeness (QED) is 0.707. The Balaban J connectivity index is 2.42. The third-order valence-corrected chi connectivity index (χ3v) is 2.94. The van der Waals surface area contributed by atoms with Crippen LogP contribution in [-0.2, 0) is 4.79 Å². The molecule has 0 aliphatic heterocycles. The van der Waals surface area contributed by atoms with Gasteiger partial charge in [0.1, 0.15) is 5.78 Å². The molecular weight excluding hydrogens is 174 g/mol. The van der Waals surface area contributed by atoms with Crippen molar-refractivity contribution < 1.29 is 4.79 Å². The molecule has 2 nitrogen and oxygen atoms in total. The smallest absolute Gasteiger partial charge is 0.137 e. The number of carbonyl (C=O) groups is 1. The molecule has 0 aromatic rings. The molecule has 0 unspecified atom stereocenters. The minimum Gasteiger partial charge on any atom is -0.325 e. The average molecular weight is 197 g/mol. The molecule has 0 spiro atoms. The van der Waals surface area contributed by atoms with Gasteiger partial charge in [-0.25, -0.2) is 0 Å². The lowest BCUT2D eigenvalue weighted by atomic mass is 9.88. The minimum atomic E-state index is -0.330. The number of rotatable bonds is 3. The van der Waals surface area contributed by atoms with Crippen molar-refractivity contribution in [1.82, 2.24) is 0 Å². The van der Waals surface area contributed by atoms with Crippen LogP contribution in [0, 0.1) is 5.92 Å². The van der Waals surface area contributed by atoms with Crippen LogP contribution in [0.15, 0.2) is 0 Å². The van der Waals surface area contributed by atoms with Crippen molar-refractivity contribution in [2.45, 2.75) is 64.3 Å². The number of carbonyl (C=O) groups excluding carboxylic acids is 1. The van der Waals surface area contributed by atoms with Crippen LogP contribution in [0.4, 0.5) is 0 Å². The number of ketones is 1. The van der Waals surface area contributed by atoms with E-state index in [4.69, 9.17) is 5.73 Å². The number of Topliss-reactive ketones (excluding diaryl/α,β-unsaturated/α-hetero) is 1. The fraction of sp³-hybridized carbons (Fsp3) is 0.917. The van der Waals surface area contributed by atoms with Crippen molar-refractivity contribution in [1.29, 1.82) is 0 Å². The van der Waals surface area contributed by atoms with Gasteiger partial charge in [0.15, 0.2) is 0 Å². The van der Waals surface area contributed by atoms with Gasteiger partial charge in [-0.2, -0.15) is 0 Å². The maximum atomic E-state index is 11.9. The van der Waals surface area contributed by atoms with Crippen LogP contribution in [0.25, 0.3) is 0 Å². The first-order valence-electron chi connectivity index (χ1n) is 5.81. The highest BCUT2D eigenvalue weighted by Gasteiger charge is 2.24. The molecule has 0 bridgehead atoms. The van der Waals surface area contributed by atoms with Gasteiger partial charge in [0, 0.05) is 17.9 Å². The molecule has 1 aliphatic rings. The summed E-state index contributed by atoms with van der Waals surface area (Å²) in [4.78, 5) is 11.9. The van der Waals surface area contributed by atoms with E-state index in [1.807, 2.05) is 13.8 Å². The molecule has 0 saturated heterocycles. The van der Waals surface area contributed by atoms with Crippen LogP contribution < -0.4 is 5.73 Å². The molecule has 2 heteroatoms. The van der Waals surface area contributed by atoms with Crippen molar-refractivity contribution in [2.75, 3.05) is 0 Å². The molecule has 1 fully saturated rings. The summed E-state index contributed by atoms with van der Waals surface area (Å²) >= 11 is 0. The summed E-state index contributed by atoms with van der Waals surface area (Å²) in [5.74, 6) is 0.694. The Bertz CT molecular complexity index is 185. The van der Waals surface area contributed by atoms with E-state index >= 15 is 0 Å². The Morgan fingerprint density at radius 3 is 2.14 bits per heavy atom. The van der Waals surface area contributed by atoms with E-state index in [1.54, 1.807) is 0 Å². The average Bonchev–Trinajstić information content (AvgIpc) is 2.27. The zero-order valence-electron chi connectivity index (χ0n) is 9.51. The van der Waals surface area contributed by atoms with Gasteiger partial charge in [-0.1, -0.05) is 25.7 Å². The molecule has 0 radical (unpaired) electrons. The molecule has 0 amide bonds. The highest BCUT2D eigenvalue weighted by Crippen LogP contribution is 2.25. The van der Waals surface area contributed by atoms with E-state index in [0.717, 1.165) is 12.8 Å². The van der Waals surface area contributed by atoms with Gasteiger partial charge in [0.05, 0.1) is 0 Å². The molecular formula is C12H23NO. The molecule has 0 atom stereocenters. The number of hydrogen-bond donors (Lipinski definition) is 1. The summed E-state index contributed by atoms with van der Waals surface area (Å²) in [6.07, 6.45) is 7.77. The Hall–Kier alpha value is -0.370. The zero-order valence-corrected chi connectivity index (χ0v) is 9.51. The lowest BCUT2D eigenvalue weighted by molar-refractivity contribution is -0.124. The Kier molecular flexibility index (Phi) is 4.11. The highest BCUT2D eigenvalue weighted by atomic mass is 16.1. The summed E-state index contributed by atoms with van der Waals surface area (Å²) in [5, 5.41) is 0. The summed E-state index contributed by atoms with van der Waals surface area (Å²) in [6, 6.07) is 0. The number of nitrogens with two attached hydrogens (primary N) is 1. The fourth-order valence-electron chi connectivity index (χ4n) is 2.19. The molecule has 0 aromatic carbocycles. The second-order valence-corrected chi connectivity index (χ2v) is 5.32. The fourth-order valence-corrected chi connectivity index (χ4v) is 2.19. The van der Waals surface area contributed by atoms with Gasteiger partial charge >= 0.3 is 0 Å².